The summed E-state index contributed by atoms with van der Waals surface area (Å²) >= 11 is 0. The Morgan fingerprint density at radius 3 is 2.90 bits per heavy atom. The van der Waals surface area contributed by atoms with Crippen LogP contribution in [0.4, 0.5) is 0 Å². The molecule has 0 bridgehead atoms. The van der Waals surface area contributed by atoms with Gasteiger partial charge in [0.25, 0.3) is 0 Å². The predicted molar refractivity (Wildman–Crippen MR) is 82.7 cm³/mol. The molecule has 5 heteroatoms. The van der Waals surface area contributed by atoms with Crippen molar-refractivity contribution in [1.29, 1.82) is 0 Å². The molecule has 0 aliphatic rings. The first-order valence-electron chi connectivity index (χ1n) is 7.31. The summed E-state index contributed by atoms with van der Waals surface area (Å²) in [6.45, 7) is 5.32. The van der Waals surface area contributed by atoms with Gasteiger partial charge in [-0.3, -0.25) is 4.68 Å². The summed E-state index contributed by atoms with van der Waals surface area (Å²) in [7, 11) is 1.67. The second kappa shape index (κ2) is 8.32. The molecule has 0 saturated carbocycles. The Morgan fingerprint density at radius 2 is 2.19 bits per heavy atom. The third-order valence-corrected chi connectivity index (χ3v) is 3.16. The maximum Gasteiger partial charge on any atom is 0.161 e. The molecule has 0 unspecified atom stereocenters. The van der Waals surface area contributed by atoms with Crippen LogP contribution in [0.25, 0.3) is 0 Å². The lowest BCUT2D eigenvalue weighted by atomic mass is 10.2. The molecule has 0 atom stereocenters. The molecular formula is C16H23N3O2. The zero-order valence-electron chi connectivity index (χ0n) is 12.7. The number of nitrogens with zero attached hydrogens (tertiary/aromatic N) is 2. The topological polar surface area (TPSA) is 48.3 Å². The van der Waals surface area contributed by atoms with Crippen LogP contribution in [-0.2, 0) is 13.1 Å². The normalized spacial score (nSPS) is 10.6. The van der Waals surface area contributed by atoms with Gasteiger partial charge in [-0.1, -0.05) is 6.07 Å². The molecule has 0 amide bonds. The number of rotatable bonds is 9. The van der Waals surface area contributed by atoms with E-state index in [1.807, 2.05) is 36.0 Å². The van der Waals surface area contributed by atoms with Gasteiger partial charge in [0.2, 0.25) is 0 Å². The lowest BCUT2D eigenvalue weighted by Crippen LogP contribution is -2.16. The molecule has 1 aromatic heterocycles. The molecule has 114 valence electrons. The van der Waals surface area contributed by atoms with E-state index in [1.54, 1.807) is 13.3 Å². The van der Waals surface area contributed by atoms with Gasteiger partial charge >= 0.3 is 0 Å². The van der Waals surface area contributed by atoms with Crippen molar-refractivity contribution in [3.05, 3.63) is 42.2 Å². The maximum absolute atomic E-state index is 5.51. The Labute approximate surface area is 125 Å². The SMILES string of the molecule is CCOc1ccc(CNCCCn2cccn2)cc1OC. The Hall–Kier alpha value is -2.01. The van der Waals surface area contributed by atoms with E-state index in [4.69, 9.17) is 9.47 Å². The van der Waals surface area contributed by atoms with E-state index >= 15 is 0 Å². The fourth-order valence-corrected chi connectivity index (χ4v) is 2.13. The second-order valence-electron chi connectivity index (χ2n) is 4.72. The summed E-state index contributed by atoms with van der Waals surface area (Å²) < 4.78 is 12.8. The van der Waals surface area contributed by atoms with Crippen molar-refractivity contribution in [2.24, 2.45) is 0 Å². The highest BCUT2D eigenvalue weighted by atomic mass is 16.5. The zero-order valence-corrected chi connectivity index (χ0v) is 12.7. The minimum absolute atomic E-state index is 0.640. The smallest absolute Gasteiger partial charge is 0.161 e. The van der Waals surface area contributed by atoms with E-state index in [1.165, 1.54) is 5.56 Å². The van der Waals surface area contributed by atoms with E-state index in [0.29, 0.717) is 6.61 Å². The van der Waals surface area contributed by atoms with E-state index in [0.717, 1.165) is 37.6 Å². The number of aryl methyl sites for hydroxylation is 1. The van der Waals surface area contributed by atoms with E-state index in [-0.39, 0.29) is 0 Å². The van der Waals surface area contributed by atoms with Crippen LogP contribution >= 0.6 is 0 Å². The van der Waals surface area contributed by atoms with E-state index < -0.39 is 0 Å². The molecule has 5 nitrogen and oxygen atoms in total. The van der Waals surface area contributed by atoms with Crippen molar-refractivity contribution in [3.8, 4) is 11.5 Å². The van der Waals surface area contributed by atoms with E-state index in [9.17, 15) is 0 Å². The average molecular weight is 289 g/mol. The molecule has 2 rings (SSSR count). The number of nitrogens with one attached hydrogen (secondary N) is 1. The predicted octanol–water partition coefficient (Wildman–Crippen LogP) is 2.47. The minimum Gasteiger partial charge on any atom is -0.493 e. The monoisotopic (exact) mass is 289 g/mol. The largest absolute Gasteiger partial charge is 0.493 e. The quantitative estimate of drug-likeness (QED) is 0.720. The van der Waals surface area contributed by atoms with Gasteiger partial charge in [0.1, 0.15) is 0 Å². The van der Waals surface area contributed by atoms with Crippen LogP contribution in [0.2, 0.25) is 0 Å². The average Bonchev–Trinajstić information content (AvgIpc) is 3.01. The highest BCUT2D eigenvalue weighted by Crippen LogP contribution is 2.27. The lowest BCUT2D eigenvalue weighted by Gasteiger charge is -2.11. The molecule has 0 radical (unpaired) electrons. The van der Waals surface area contributed by atoms with Crippen molar-refractivity contribution in [2.75, 3.05) is 20.3 Å². The number of benzene rings is 1. The third-order valence-electron chi connectivity index (χ3n) is 3.16. The summed E-state index contributed by atoms with van der Waals surface area (Å²) in [6, 6.07) is 7.99. The van der Waals surface area contributed by atoms with Crippen LogP contribution in [0, 0.1) is 0 Å². The molecule has 0 aliphatic carbocycles. The molecule has 0 fully saturated rings. The molecule has 1 heterocycles. The van der Waals surface area contributed by atoms with Gasteiger partial charge in [-0.05, 0) is 43.7 Å². The highest BCUT2D eigenvalue weighted by molar-refractivity contribution is 5.42. The van der Waals surface area contributed by atoms with Gasteiger partial charge in [-0.25, -0.2) is 0 Å². The first-order valence-corrected chi connectivity index (χ1v) is 7.31. The Morgan fingerprint density at radius 1 is 1.29 bits per heavy atom. The number of hydrogen-bond acceptors (Lipinski definition) is 4. The second-order valence-corrected chi connectivity index (χ2v) is 4.72. The molecule has 1 aromatic carbocycles. The Balaban J connectivity index is 1.75. The summed E-state index contributed by atoms with van der Waals surface area (Å²) in [5.41, 5.74) is 1.19. The van der Waals surface area contributed by atoms with Gasteiger partial charge in [-0.15, -0.1) is 0 Å². The first-order chi connectivity index (χ1) is 10.3. The number of hydrogen-bond donors (Lipinski definition) is 1. The van der Waals surface area contributed by atoms with Crippen molar-refractivity contribution in [2.45, 2.75) is 26.4 Å². The Kier molecular flexibility index (Phi) is 6.09. The van der Waals surface area contributed by atoms with Gasteiger partial charge in [0.15, 0.2) is 11.5 Å². The summed E-state index contributed by atoms with van der Waals surface area (Å²) in [4.78, 5) is 0. The lowest BCUT2D eigenvalue weighted by molar-refractivity contribution is 0.310. The number of ether oxygens (including phenoxy) is 2. The number of aromatic nitrogens is 2. The van der Waals surface area contributed by atoms with Crippen LogP contribution in [0.1, 0.15) is 18.9 Å². The molecular weight excluding hydrogens is 266 g/mol. The van der Waals surface area contributed by atoms with Gasteiger partial charge in [0, 0.05) is 25.5 Å². The number of methoxy groups -OCH3 is 1. The highest BCUT2D eigenvalue weighted by Gasteiger charge is 2.04. The maximum atomic E-state index is 5.51. The van der Waals surface area contributed by atoms with Gasteiger partial charge in [-0.2, -0.15) is 5.10 Å². The molecule has 21 heavy (non-hydrogen) atoms. The first kappa shape index (κ1) is 15.4. The summed E-state index contributed by atoms with van der Waals surface area (Å²) in [6.07, 6.45) is 4.84. The fourth-order valence-electron chi connectivity index (χ4n) is 2.13. The van der Waals surface area contributed by atoms with Gasteiger partial charge in [0.05, 0.1) is 13.7 Å². The van der Waals surface area contributed by atoms with Crippen LogP contribution in [-0.4, -0.2) is 30.0 Å². The van der Waals surface area contributed by atoms with Gasteiger partial charge < -0.3 is 14.8 Å². The Bertz CT molecular complexity index is 526. The van der Waals surface area contributed by atoms with Crippen LogP contribution < -0.4 is 14.8 Å². The van der Waals surface area contributed by atoms with Crippen molar-refractivity contribution >= 4 is 0 Å². The molecule has 0 saturated heterocycles. The summed E-state index contributed by atoms with van der Waals surface area (Å²) in [5.74, 6) is 1.58. The zero-order chi connectivity index (χ0) is 14.9. The van der Waals surface area contributed by atoms with Crippen molar-refractivity contribution in [1.82, 2.24) is 15.1 Å². The van der Waals surface area contributed by atoms with Crippen molar-refractivity contribution < 1.29 is 9.47 Å². The van der Waals surface area contributed by atoms with Crippen LogP contribution in [0.15, 0.2) is 36.7 Å². The fraction of sp³-hybridized carbons (Fsp3) is 0.438. The van der Waals surface area contributed by atoms with Crippen LogP contribution in [0.3, 0.4) is 0 Å². The van der Waals surface area contributed by atoms with Crippen molar-refractivity contribution in [3.63, 3.8) is 0 Å². The summed E-state index contributed by atoms with van der Waals surface area (Å²) in [5, 5.41) is 7.61. The molecule has 1 N–H and O–H groups in total. The van der Waals surface area contributed by atoms with E-state index in [2.05, 4.69) is 16.5 Å². The third kappa shape index (κ3) is 4.79. The molecule has 0 spiro atoms. The molecule has 2 aromatic rings. The minimum atomic E-state index is 0.640. The standard InChI is InChI=1S/C16H23N3O2/c1-3-21-15-7-6-14(12-16(15)20-2)13-17-8-4-10-19-11-5-9-18-19/h5-7,9,11-12,17H,3-4,8,10,13H2,1-2H3. The van der Waals surface area contributed by atoms with Crippen LogP contribution in [0.5, 0.6) is 11.5 Å². The molecule has 0 aliphatic heterocycles.